The minimum absolute atomic E-state index is 0.219. The molecule has 2 aliphatic heterocycles. The minimum atomic E-state index is -1.06. The van der Waals surface area contributed by atoms with Crippen molar-refractivity contribution in [1.82, 2.24) is 30.7 Å². The minimum Gasteiger partial charge on any atom is -0.468 e. The van der Waals surface area contributed by atoms with E-state index < -0.39 is 29.4 Å². The Balaban J connectivity index is 1.26. The van der Waals surface area contributed by atoms with Crippen molar-refractivity contribution >= 4 is 35.0 Å². The van der Waals surface area contributed by atoms with E-state index in [0.717, 1.165) is 17.0 Å². The molecule has 1 atom stereocenters. The van der Waals surface area contributed by atoms with E-state index >= 15 is 0 Å². The van der Waals surface area contributed by atoms with Gasteiger partial charge in [-0.15, -0.1) is 0 Å². The maximum atomic E-state index is 13.6. The second-order valence-electron chi connectivity index (χ2n) is 10.7. The number of carbonyl (C=O) groups is 4. The number of urea groups is 2. The fraction of sp³-hybridized carbons (Fsp3) is 0.400. The van der Waals surface area contributed by atoms with Gasteiger partial charge in [0.05, 0.1) is 18.1 Å². The number of esters is 1. The first-order chi connectivity index (χ1) is 20.8. The van der Waals surface area contributed by atoms with Crippen LogP contribution in [-0.4, -0.2) is 77.3 Å². The number of likely N-dealkylation sites (tertiary alicyclic amines) is 1. The lowest BCUT2D eigenvalue weighted by Crippen LogP contribution is -2.54. The molecule has 1 unspecified atom stereocenters. The van der Waals surface area contributed by atoms with Crippen molar-refractivity contribution in [2.45, 2.75) is 44.1 Å². The van der Waals surface area contributed by atoms with Crippen LogP contribution < -0.4 is 16.4 Å². The number of benzene rings is 2. The second-order valence-corrected chi connectivity index (χ2v) is 10.7. The van der Waals surface area contributed by atoms with Crippen LogP contribution in [0.3, 0.4) is 0 Å². The summed E-state index contributed by atoms with van der Waals surface area (Å²) in [7, 11) is 1.43. The zero-order valence-electron chi connectivity index (χ0n) is 24.2. The van der Waals surface area contributed by atoms with Gasteiger partial charge in [0, 0.05) is 12.2 Å². The Hall–Kier alpha value is -4.78. The van der Waals surface area contributed by atoms with Gasteiger partial charge in [-0.2, -0.15) is 0 Å². The summed E-state index contributed by atoms with van der Waals surface area (Å²) in [6.45, 7) is 4.31. The number of ether oxygens (including phenoxy) is 1. The van der Waals surface area contributed by atoms with Gasteiger partial charge in [0.25, 0.3) is 5.91 Å². The summed E-state index contributed by atoms with van der Waals surface area (Å²) in [4.78, 5) is 54.8. The summed E-state index contributed by atoms with van der Waals surface area (Å²) in [6, 6.07) is 11.9. The first kappa shape index (κ1) is 29.7. The Bertz CT molecular complexity index is 1540. The number of aromatic nitrogens is 2. The lowest BCUT2D eigenvalue weighted by atomic mass is 9.72. The molecule has 0 saturated carbocycles. The smallest absolute Gasteiger partial charge is 0.330 e. The molecule has 13 heteroatoms. The van der Waals surface area contributed by atoms with Crippen LogP contribution >= 0.6 is 0 Å². The number of rotatable bonds is 9. The SMILES string of the molecule is CCC1=C(C(=O)NCCCN2CCC(C(=O)OC)(c3ccccc3)CC2)C(c2ccc3nonc3c2)N(C(N)=O)C(=O)N1. The Morgan fingerprint density at radius 2 is 1.84 bits per heavy atom. The van der Waals surface area contributed by atoms with Crippen LogP contribution in [0.1, 0.15) is 49.8 Å². The summed E-state index contributed by atoms with van der Waals surface area (Å²) in [5, 5.41) is 13.3. The van der Waals surface area contributed by atoms with Gasteiger partial charge in [0.15, 0.2) is 0 Å². The van der Waals surface area contributed by atoms with Gasteiger partial charge in [-0.25, -0.2) is 19.1 Å². The van der Waals surface area contributed by atoms with E-state index in [1.54, 1.807) is 18.2 Å². The second kappa shape index (κ2) is 12.6. The predicted molar refractivity (Wildman–Crippen MR) is 155 cm³/mol. The van der Waals surface area contributed by atoms with Gasteiger partial charge < -0.3 is 26.0 Å². The highest BCUT2D eigenvalue weighted by Crippen LogP contribution is 2.37. The van der Waals surface area contributed by atoms with E-state index in [2.05, 4.69) is 25.8 Å². The summed E-state index contributed by atoms with van der Waals surface area (Å²) in [5.41, 5.74) is 7.90. The number of primary amides is 1. The molecular formula is C30H35N7O6. The number of methoxy groups -OCH3 is 1. The molecule has 2 aliphatic rings. The largest absolute Gasteiger partial charge is 0.468 e. The fourth-order valence-electron chi connectivity index (χ4n) is 6.04. The molecule has 0 spiro atoms. The standard InChI is InChI=1S/C30H35N7O6/c1-3-21-24(25(37(28(31)40)29(41)33-21)19-10-11-22-23(18-19)35-43-34-22)26(38)32-14-7-15-36-16-12-30(13-17-36,27(39)42-2)20-8-5-4-6-9-20/h4-6,8-11,18,25H,3,7,12-17H2,1-2H3,(H2,31,40)(H,32,38)(H,33,41). The molecule has 5 rings (SSSR count). The van der Waals surface area contributed by atoms with Gasteiger partial charge >= 0.3 is 18.0 Å². The van der Waals surface area contributed by atoms with E-state index in [0.29, 0.717) is 67.6 Å². The number of amides is 5. The topological polar surface area (TPSA) is 173 Å². The molecule has 1 saturated heterocycles. The first-order valence-corrected chi connectivity index (χ1v) is 14.3. The molecule has 2 aromatic carbocycles. The third kappa shape index (κ3) is 5.80. The molecular weight excluding hydrogens is 554 g/mol. The monoisotopic (exact) mass is 589 g/mol. The lowest BCUT2D eigenvalue weighted by molar-refractivity contribution is -0.149. The summed E-state index contributed by atoms with van der Waals surface area (Å²) in [6.07, 6.45) is 2.28. The number of piperidine rings is 1. The van der Waals surface area contributed by atoms with Crippen molar-refractivity contribution in [2.24, 2.45) is 5.73 Å². The molecule has 226 valence electrons. The van der Waals surface area contributed by atoms with Crippen LogP contribution in [0.2, 0.25) is 0 Å². The molecule has 3 heterocycles. The van der Waals surface area contributed by atoms with Gasteiger partial charge in [-0.3, -0.25) is 9.59 Å². The molecule has 5 amide bonds. The summed E-state index contributed by atoms with van der Waals surface area (Å²) >= 11 is 0. The van der Waals surface area contributed by atoms with Crippen molar-refractivity contribution in [3.05, 3.63) is 70.9 Å². The van der Waals surface area contributed by atoms with Crippen LogP contribution in [0.25, 0.3) is 11.0 Å². The third-order valence-electron chi connectivity index (χ3n) is 8.31. The van der Waals surface area contributed by atoms with Crippen molar-refractivity contribution in [1.29, 1.82) is 0 Å². The maximum absolute atomic E-state index is 13.6. The quantitative estimate of drug-likeness (QED) is 0.251. The van der Waals surface area contributed by atoms with Crippen molar-refractivity contribution in [3.8, 4) is 0 Å². The number of nitrogens with two attached hydrogens (primary N) is 1. The van der Waals surface area contributed by atoms with Crippen molar-refractivity contribution < 1.29 is 28.5 Å². The van der Waals surface area contributed by atoms with E-state index in [1.807, 2.05) is 37.3 Å². The molecule has 13 nitrogen and oxygen atoms in total. The van der Waals surface area contributed by atoms with Gasteiger partial charge in [0.2, 0.25) is 0 Å². The first-order valence-electron chi connectivity index (χ1n) is 14.3. The molecule has 0 radical (unpaired) electrons. The normalized spacial score (nSPS) is 18.8. The zero-order chi connectivity index (χ0) is 30.6. The number of carbonyl (C=O) groups excluding carboxylic acids is 4. The van der Waals surface area contributed by atoms with Gasteiger partial charge in [-0.05, 0) is 78.9 Å². The molecule has 43 heavy (non-hydrogen) atoms. The number of allylic oxidation sites excluding steroid dienone is 1. The van der Waals surface area contributed by atoms with Crippen LogP contribution in [0.5, 0.6) is 0 Å². The Labute approximate surface area is 248 Å². The molecule has 4 N–H and O–H groups in total. The van der Waals surface area contributed by atoms with E-state index in [-0.39, 0.29) is 11.5 Å². The molecule has 3 aromatic rings. The Kier molecular flexibility index (Phi) is 8.71. The van der Waals surface area contributed by atoms with Crippen LogP contribution in [0, 0.1) is 0 Å². The van der Waals surface area contributed by atoms with Crippen LogP contribution in [-0.2, 0) is 19.7 Å². The summed E-state index contributed by atoms with van der Waals surface area (Å²) in [5.74, 6) is -0.636. The Morgan fingerprint density at radius 1 is 1.12 bits per heavy atom. The number of hydrogen-bond acceptors (Lipinski definition) is 9. The average Bonchev–Trinajstić information content (AvgIpc) is 3.50. The van der Waals surface area contributed by atoms with E-state index in [4.69, 9.17) is 15.1 Å². The van der Waals surface area contributed by atoms with Crippen LogP contribution in [0.4, 0.5) is 9.59 Å². The lowest BCUT2D eigenvalue weighted by Gasteiger charge is -2.40. The number of nitrogens with one attached hydrogen (secondary N) is 2. The van der Waals surface area contributed by atoms with Crippen molar-refractivity contribution in [3.63, 3.8) is 0 Å². The number of hydrogen-bond donors (Lipinski definition) is 3. The summed E-state index contributed by atoms with van der Waals surface area (Å²) < 4.78 is 9.97. The predicted octanol–water partition coefficient (Wildman–Crippen LogP) is 2.74. The number of fused-ring (bicyclic) bond motifs is 1. The van der Waals surface area contributed by atoms with E-state index in [1.165, 1.54) is 7.11 Å². The number of imide groups is 1. The highest BCUT2D eigenvalue weighted by Gasteiger charge is 2.44. The highest BCUT2D eigenvalue weighted by molar-refractivity contribution is 6.03. The van der Waals surface area contributed by atoms with Crippen molar-refractivity contribution in [2.75, 3.05) is 33.3 Å². The van der Waals surface area contributed by atoms with Gasteiger partial charge in [-0.1, -0.05) is 43.3 Å². The molecule has 0 bridgehead atoms. The van der Waals surface area contributed by atoms with Crippen LogP contribution in [0.15, 0.2) is 64.4 Å². The average molecular weight is 590 g/mol. The highest BCUT2D eigenvalue weighted by atomic mass is 16.6. The zero-order valence-corrected chi connectivity index (χ0v) is 24.2. The third-order valence-corrected chi connectivity index (χ3v) is 8.31. The Morgan fingerprint density at radius 3 is 2.51 bits per heavy atom. The van der Waals surface area contributed by atoms with E-state index in [9.17, 15) is 19.2 Å². The maximum Gasteiger partial charge on any atom is 0.330 e. The fourth-order valence-corrected chi connectivity index (χ4v) is 6.04. The van der Waals surface area contributed by atoms with Gasteiger partial charge in [0.1, 0.15) is 17.1 Å². The molecule has 1 aromatic heterocycles. The molecule has 1 fully saturated rings. The number of nitrogens with zero attached hydrogens (tertiary/aromatic N) is 4. The molecule has 0 aliphatic carbocycles.